The van der Waals surface area contributed by atoms with Gasteiger partial charge in [-0.3, -0.25) is 24.2 Å². The molecule has 1 aromatic heterocycles. The molecule has 10 nitrogen and oxygen atoms in total. The van der Waals surface area contributed by atoms with Crippen LogP contribution in [0.5, 0.6) is 0 Å². The average Bonchev–Trinajstić information content (AvgIpc) is 3.25. The van der Waals surface area contributed by atoms with Crippen molar-refractivity contribution in [3.8, 4) is 0 Å². The second-order valence-corrected chi connectivity index (χ2v) is 8.77. The number of anilines is 3. The van der Waals surface area contributed by atoms with Crippen molar-refractivity contribution in [1.29, 1.82) is 0 Å². The number of pyridine rings is 1. The number of aromatic nitrogens is 1. The highest BCUT2D eigenvalue weighted by molar-refractivity contribution is 6.22. The summed E-state index contributed by atoms with van der Waals surface area (Å²) in [6.45, 7) is 3.19. The van der Waals surface area contributed by atoms with Crippen molar-refractivity contribution in [3.05, 3.63) is 83.2 Å². The fraction of sp³-hybridized carbons (Fsp3) is 0.185. The van der Waals surface area contributed by atoms with Crippen molar-refractivity contribution in [1.82, 2.24) is 10.3 Å². The van der Waals surface area contributed by atoms with Crippen LogP contribution < -0.4 is 20.9 Å². The summed E-state index contributed by atoms with van der Waals surface area (Å²) < 4.78 is 0. The van der Waals surface area contributed by atoms with E-state index in [1.54, 1.807) is 11.0 Å². The molecule has 0 radical (unpaired) electrons. The fourth-order valence-electron chi connectivity index (χ4n) is 4.63. The number of carbonyl (C=O) groups excluding carboxylic acids is 4. The maximum Gasteiger partial charge on any atom is 0.272 e. The highest BCUT2D eigenvalue weighted by Crippen LogP contribution is 2.38. The van der Waals surface area contributed by atoms with E-state index in [2.05, 4.69) is 20.9 Å². The fourth-order valence-corrected chi connectivity index (χ4v) is 4.63. The van der Waals surface area contributed by atoms with E-state index < -0.39 is 12.1 Å². The van der Waals surface area contributed by atoms with Crippen molar-refractivity contribution in [3.63, 3.8) is 0 Å². The average molecular weight is 497 g/mol. The third-order valence-electron chi connectivity index (χ3n) is 6.09. The molecule has 2 aliphatic heterocycles. The van der Waals surface area contributed by atoms with E-state index in [1.165, 1.54) is 32.3 Å². The van der Waals surface area contributed by atoms with Crippen LogP contribution in [0.2, 0.25) is 0 Å². The molecule has 0 fully saturated rings. The van der Waals surface area contributed by atoms with Gasteiger partial charge < -0.3 is 20.9 Å². The monoisotopic (exact) mass is 496 g/mol. The Morgan fingerprint density at radius 3 is 2.49 bits per heavy atom. The molecule has 1 atom stereocenters. The Hall–Kier alpha value is -4.86. The predicted molar refractivity (Wildman–Crippen MR) is 139 cm³/mol. The molecule has 37 heavy (non-hydrogen) atoms. The Morgan fingerprint density at radius 2 is 1.76 bits per heavy atom. The van der Waals surface area contributed by atoms with Gasteiger partial charge in [0.1, 0.15) is 0 Å². The van der Waals surface area contributed by atoms with Gasteiger partial charge in [-0.15, -0.1) is 0 Å². The molecule has 3 heterocycles. The first-order valence-corrected chi connectivity index (χ1v) is 11.7. The first-order valence-electron chi connectivity index (χ1n) is 11.7. The lowest BCUT2D eigenvalue weighted by Gasteiger charge is -2.21. The summed E-state index contributed by atoms with van der Waals surface area (Å²) in [5, 5.41) is 8.16. The lowest BCUT2D eigenvalue weighted by Crippen LogP contribution is -2.47. The molecule has 5 rings (SSSR count). The molecule has 0 unspecified atom stereocenters. The van der Waals surface area contributed by atoms with Gasteiger partial charge in [0.2, 0.25) is 18.0 Å². The Kier molecular flexibility index (Phi) is 6.22. The van der Waals surface area contributed by atoms with E-state index in [0.717, 1.165) is 16.8 Å². The maximum absolute atomic E-state index is 13.7. The SMILES string of the molecule is CC(=O)Nc1cc2c3c(c1)C(c1ccccc1)=N[C@@H](NC(=O)c1ccncc1NC(C)=O)C(=O)N3CC2. The lowest BCUT2D eigenvalue weighted by atomic mass is 9.97. The smallest absolute Gasteiger partial charge is 0.272 e. The minimum Gasteiger partial charge on any atom is -0.326 e. The number of aliphatic imine (C=N–C) groups is 1. The number of amides is 4. The molecule has 3 N–H and O–H groups in total. The summed E-state index contributed by atoms with van der Waals surface area (Å²) >= 11 is 0. The van der Waals surface area contributed by atoms with E-state index >= 15 is 0 Å². The quantitative estimate of drug-likeness (QED) is 0.499. The zero-order valence-electron chi connectivity index (χ0n) is 20.2. The van der Waals surface area contributed by atoms with Crippen molar-refractivity contribution in [2.45, 2.75) is 26.4 Å². The second kappa shape index (κ2) is 9.65. The zero-order chi connectivity index (χ0) is 26.1. The van der Waals surface area contributed by atoms with Gasteiger partial charge in [0, 0.05) is 43.4 Å². The predicted octanol–water partition coefficient (Wildman–Crippen LogP) is 2.49. The number of hydrogen-bond donors (Lipinski definition) is 3. The van der Waals surface area contributed by atoms with Gasteiger partial charge in [-0.2, -0.15) is 0 Å². The van der Waals surface area contributed by atoms with Gasteiger partial charge in [0.15, 0.2) is 0 Å². The number of hydrogen-bond acceptors (Lipinski definition) is 6. The topological polar surface area (TPSA) is 133 Å². The minimum atomic E-state index is -1.22. The molecule has 2 aliphatic rings. The molecule has 2 aromatic carbocycles. The molecule has 0 aliphatic carbocycles. The van der Waals surface area contributed by atoms with Gasteiger partial charge in [-0.05, 0) is 30.2 Å². The molecular weight excluding hydrogens is 472 g/mol. The highest BCUT2D eigenvalue weighted by atomic mass is 16.2. The van der Waals surface area contributed by atoms with E-state index in [9.17, 15) is 19.2 Å². The lowest BCUT2D eigenvalue weighted by molar-refractivity contribution is -0.120. The number of nitrogens with one attached hydrogen (secondary N) is 3. The second-order valence-electron chi connectivity index (χ2n) is 8.77. The van der Waals surface area contributed by atoms with Crippen molar-refractivity contribution >= 4 is 46.4 Å². The van der Waals surface area contributed by atoms with Crippen LogP contribution in [0.1, 0.15) is 40.9 Å². The van der Waals surface area contributed by atoms with E-state index in [0.29, 0.717) is 29.9 Å². The standard InChI is InChI=1S/C27H24N6O4/c1-15(34)29-19-12-18-9-11-33-24(18)21(13-19)23(17-6-4-3-5-7-17)31-25(27(33)37)32-26(36)20-8-10-28-14-22(20)30-16(2)35/h3-8,10,12-14,25H,9,11H2,1-2H3,(H,29,34)(H,30,35)(H,32,36)/t25-/m0/s1. The molecule has 3 aromatic rings. The Balaban J connectivity index is 1.61. The van der Waals surface area contributed by atoms with Crippen LogP contribution in [0.3, 0.4) is 0 Å². The summed E-state index contributed by atoms with van der Waals surface area (Å²) in [7, 11) is 0. The zero-order valence-corrected chi connectivity index (χ0v) is 20.2. The van der Waals surface area contributed by atoms with Crippen LogP contribution in [0.4, 0.5) is 17.1 Å². The summed E-state index contributed by atoms with van der Waals surface area (Å²) in [5.41, 5.74) is 4.60. The molecule has 4 amide bonds. The summed E-state index contributed by atoms with van der Waals surface area (Å²) in [5.74, 6) is -1.51. The molecule has 0 bridgehead atoms. The van der Waals surface area contributed by atoms with Crippen LogP contribution in [0.25, 0.3) is 0 Å². The molecule has 10 heteroatoms. The van der Waals surface area contributed by atoms with Gasteiger partial charge >= 0.3 is 0 Å². The van der Waals surface area contributed by atoms with E-state index in [1.807, 2.05) is 36.4 Å². The third-order valence-corrected chi connectivity index (χ3v) is 6.09. The highest BCUT2D eigenvalue weighted by Gasteiger charge is 2.38. The van der Waals surface area contributed by atoms with Gasteiger partial charge in [-0.1, -0.05) is 30.3 Å². The largest absolute Gasteiger partial charge is 0.326 e. The van der Waals surface area contributed by atoms with Crippen molar-refractivity contribution < 1.29 is 19.2 Å². The molecule has 0 saturated heterocycles. The Morgan fingerprint density at radius 1 is 1.00 bits per heavy atom. The van der Waals surface area contributed by atoms with Crippen LogP contribution in [0, 0.1) is 0 Å². The van der Waals surface area contributed by atoms with Gasteiger partial charge in [0.05, 0.1) is 28.8 Å². The molecular formula is C27H24N6O4. The van der Waals surface area contributed by atoms with Crippen LogP contribution in [-0.4, -0.2) is 47.0 Å². The number of carbonyl (C=O) groups is 4. The number of rotatable bonds is 5. The van der Waals surface area contributed by atoms with Gasteiger partial charge in [0.25, 0.3) is 11.8 Å². The van der Waals surface area contributed by atoms with E-state index in [4.69, 9.17) is 4.99 Å². The van der Waals surface area contributed by atoms with Crippen LogP contribution >= 0.6 is 0 Å². The minimum absolute atomic E-state index is 0.159. The summed E-state index contributed by atoms with van der Waals surface area (Å²) in [6, 6.07) is 14.5. The first kappa shape index (κ1) is 23.9. The van der Waals surface area contributed by atoms with Crippen molar-refractivity contribution in [2.75, 3.05) is 22.1 Å². The Bertz CT molecular complexity index is 1470. The summed E-state index contributed by atoms with van der Waals surface area (Å²) in [4.78, 5) is 60.7. The third kappa shape index (κ3) is 4.68. The molecule has 186 valence electrons. The maximum atomic E-state index is 13.7. The normalized spacial score (nSPS) is 15.8. The molecule has 0 saturated carbocycles. The van der Waals surface area contributed by atoms with Crippen LogP contribution in [-0.2, 0) is 20.8 Å². The van der Waals surface area contributed by atoms with Crippen molar-refractivity contribution in [2.24, 2.45) is 4.99 Å². The number of benzene rings is 2. The van der Waals surface area contributed by atoms with Crippen LogP contribution in [0.15, 0.2) is 65.9 Å². The molecule has 0 spiro atoms. The Labute approximate surface area is 212 Å². The first-order chi connectivity index (χ1) is 17.8. The number of nitrogens with zero attached hydrogens (tertiary/aromatic N) is 3. The van der Waals surface area contributed by atoms with E-state index in [-0.39, 0.29) is 29.0 Å². The summed E-state index contributed by atoms with van der Waals surface area (Å²) in [6.07, 6.45) is 2.18. The van der Waals surface area contributed by atoms with Gasteiger partial charge in [-0.25, -0.2) is 4.99 Å².